The maximum absolute atomic E-state index is 11.8. The number of ketones is 1. The number of hydrogen-bond donors (Lipinski definition) is 0. The van der Waals surface area contributed by atoms with Crippen LogP contribution in [0.2, 0.25) is 0 Å². The van der Waals surface area contributed by atoms with Crippen LogP contribution in [0.4, 0.5) is 0 Å². The maximum atomic E-state index is 11.8. The third-order valence-electron chi connectivity index (χ3n) is 2.60. The lowest BCUT2D eigenvalue weighted by Gasteiger charge is -2.12. The Balaban J connectivity index is 2.71. The molecule has 0 bridgehead atoms. The first-order chi connectivity index (χ1) is 6.29. The standard InChI is InChI=1S/C12H18O/c1-3-10(4-2)12(13)11-8-6-5-7-9-11/h3,8H,4-7,9H2,1-2H3. The highest BCUT2D eigenvalue weighted by Gasteiger charge is 2.14. The molecule has 0 aromatic heterocycles. The molecule has 0 aromatic rings. The molecule has 0 radical (unpaired) electrons. The molecule has 1 heteroatoms. The van der Waals surface area contributed by atoms with E-state index in [1.807, 2.05) is 19.9 Å². The molecule has 0 atom stereocenters. The SMILES string of the molecule is CC=C(CC)C(=O)C1=CCCCC1. The van der Waals surface area contributed by atoms with E-state index >= 15 is 0 Å². The molecule has 0 spiro atoms. The van der Waals surface area contributed by atoms with Gasteiger partial charge >= 0.3 is 0 Å². The van der Waals surface area contributed by atoms with Crippen LogP contribution in [0.15, 0.2) is 23.3 Å². The van der Waals surface area contributed by atoms with Crippen molar-refractivity contribution < 1.29 is 4.79 Å². The van der Waals surface area contributed by atoms with Gasteiger partial charge in [0.1, 0.15) is 0 Å². The van der Waals surface area contributed by atoms with Gasteiger partial charge in [-0.05, 0) is 50.2 Å². The second kappa shape index (κ2) is 5.00. The van der Waals surface area contributed by atoms with Gasteiger partial charge in [0.25, 0.3) is 0 Å². The minimum atomic E-state index is 0.282. The number of allylic oxidation sites excluding steroid dienone is 4. The summed E-state index contributed by atoms with van der Waals surface area (Å²) in [6.07, 6.45) is 9.40. The van der Waals surface area contributed by atoms with Gasteiger partial charge in [-0.15, -0.1) is 0 Å². The van der Waals surface area contributed by atoms with Crippen LogP contribution in [0.3, 0.4) is 0 Å². The van der Waals surface area contributed by atoms with Crippen molar-refractivity contribution in [1.29, 1.82) is 0 Å². The third-order valence-corrected chi connectivity index (χ3v) is 2.60. The number of carbonyl (C=O) groups excluding carboxylic acids is 1. The summed E-state index contributed by atoms with van der Waals surface area (Å²) in [6, 6.07) is 0. The monoisotopic (exact) mass is 178 g/mol. The largest absolute Gasteiger partial charge is 0.289 e. The molecule has 1 aliphatic carbocycles. The summed E-state index contributed by atoms with van der Waals surface area (Å²) < 4.78 is 0. The molecule has 0 saturated carbocycles. The summed E-state index contributed by atoms with van der Waals surface area (Å²) in [6.45, 7) is 3.98. The smallest absolute Gasteiger partial charge is 0.184 e. The lowest BCUT2D eigenvalue weighted by Crippen LogP contribution is -2.08. The van der Waals surface area contributed by atoms with Crippen molar-refractivity contribution in [1.82, 2.24) is 0 Å². The van der Waals surface area contributed by atoms with Gasteiger partial charge in [-0.1, -0.05) is 19.1 Å². The fourth-order valence-corrected chi connectivity index (χ4v) is 1.75. The van der Waals surface area contributed by atoms with Gasteiger partial charge in [-0.2, -0.15) is 0 Å². The molecule has 1 rings (SSSR count). The Labute approximate surface area is 80.5 Å². The van der Waals surface area contributed by atoms with Crippen molar-refractivity contribution in [2.75, 3.05) is 0 Å². The predicted molar refractivity (Wildman–Crippen MR) is 55.6 cm³/mol. The summed E-state index contributed by atoms with van der Waals surface area (Å²) in [7, 11) is 0. The third kappa shape index (κ3) is 2.55. The van der Waals surface area contributed by atoms with Crippen LogP contribution in [0, 0.1) is 0 Å². The van der Waals surface area contributed by atoms with E-state index in [-0.39, 0.29) is 5.78 Å². The zero-order chi connectivity index (χ0) is 9.68. The number of Topliss-reactive ketones (excluding diaryl/α,β-unsaturated/α-hetero) is 1. The number of rotatable bonds is 3. The predicted octanol–water partition coefficient (Wildman–Crippen LogP) is 3.41. The lowest BCUT2D eigenvalue weighted by molar-refractivity contribution is -0.112. The van der Waals surface area contributed by atoms with Gasteiger partial charge in [-0.3, -0.25) is 4.79 Å². The molecule has 0 aliphatic heterocycles. The molecule has 72 valence electrons. The Morgan fingerprint density at radius 2 is 2.31 bits per heavy atom. The normalized spacial score (nSPS) is 18.3. The highest BCUT2D eigenvalue weighted by molar-refractivity contribution is 6.08. The van der Waals surface area contributed by atoms with Crippen LogP contribution in [-0.2, 0) is 4.79 Å². The molecule has 0 fully saturated rings. The van der Waals surface area contributed by atoms with Gasteiger partial charge in [0.15, 0.2) is 5.78 Å². The molecule has 1 nitrogen and oxygen atoms in total. The molecular weight excluding hydrogens is 160 g/mol. The van der Waals surface area contributed by atoms with E-state index in [0.717, 1.165) is 30.4 Å². The Morgan fingerprint density at radius 1 is 1.54 bits per heavy atom. The average Bonchev–Trinajstić information content (AvgIpc) is 2.21. The second-order valence-corrected chi connectivity index (χ2v) is 3.47. The van der Waals surface area contributed by atoms with Crippen LogP contribution in [0.1, 0.15) is 46.0 Å². The van der Waals surface area contributed by atoms with Crippen molar-refractivity contribution in [3.05, 3.63) is 23.3 Å². The van der Waals surface area contributed by atoms with E-state index in [4.69, 9.17) is 0 Å². The van der Waals surface area contributed by atoms with E-state index in [1.165, 1.54) is 12.8 Å². The summed E-state index contributed by atoms with van der Waals surface area (Å²) in [5.74, 6) is 0.282. The fourth-order valence-electron chi connectivity index (χ4n) is 1.75. The number of carbonyl (C=O) groups is 1. The summed E-state index contributed by atoms with van der Waals surface area (Å²) in [5, 5.41) is 0. The summed E-state index contributed by atoms with van der Waals surface area (Å²) >= 11 is 0. The quantitative estimate of drug-likeness (QED) is 0.605. The van der Waals surface area contributed by atoms with E-state index in [9.17, 15) is 4.79 Å². The molecule has 1 aliphatic rings. The van der Waals surface area contributed by atoms with Gasteiger partial charge in [0.2, 0.25) is 0 Å². The molecule has 0 unspecified atom stereocenters. The minimum absolute atomic E-state index is 0.282. The maximum Gasteiger partial charge on any atom is 0.184 e. The summed E-state index contributed by atoms with van der Waals surface area (Å²) in [5.41, 5.74) is 2.01. The summed E-state index contributed by atoms with van der Waals surface area (Å²) in [4.78, 5) is 11.8. The first-order valence-electron chi connectivity index (χ1n) is 5.18. The highest BCUT2D eigenvalue weighted by Crippen LogP contribution is 2.21. The van der Waals surface area contributed by atoms with Crippen LogP contribution in [0.5, 0.6) is 0 Å². The Hall–Kier alpha value is -0.850. The average molecular weight is 178 g/mol. The fraction of sp³-hybridized carbons (Fsp3) is 0.583. The molecular formula is C12H18O. The van der Waals surface area contributed by atoms with Gasteiger partial charge in [0, 0.05) is 0 Å². The van der Waals surface area contributed by atoms with Gasteiger partial charge in [0.05, 0.1) is 0 Å². The van der Waals surface area contributed by atoms with E-state index < -0.39 is 0 Å². The van der Waals surface area contributed by atoms with Crippen LogP contribution in [0.25, 0.3) is 0 Å². The van der Waals surface area contributed by atoms with Crippen LogP contribution in [-0.4, -0.2) is 5.78 Å². The first kappa shape index (κ1) is 10.2. The molecule has 0 amide bonds. The first-order valence-corrected chi connectivity index (χ1v) is 5.18. The van der Waals surface area contributed by atoms with Crippen molar-refractivity contribution in [2.24, 2.45) is 0 Å². The van der Waals surface area contributed by atoms with Crippen molar-refractivity contribution in [3.8, 4) is 0 Å². The van der Waals surface area contributed by atoms with Crippen LogP contribution >= 0.6 is 0 Å². The molecule has 0 N–H and O–H groups in total. The van der Waals surface area contributed by atoms with E-state index in [0.29, 0.717) is 0 Å². The second-order valence-electron chi connectivity index (χ2n) is 3.47. The lowest BCUT2D eigenvalue weighted by atomic mass is 9.92. The minimum Gasteiger partial charge on any atom is -0.289 e. The molecule has 0 aromatic carbocycles. The van der Waals surface area contributed by atoms with Crippen molar-refractivity contribution in [3.63, 3.8) is 0 Å². The zero-order valence-corrected chi connectivity index (χ0v) is 8.60. The van der Waals surface area contributed by atoms with Crippen molar-refractivity contribution >= 4 is 5.78 Å². The molecule has 0 heterocycles. The zero-order valence-electron chi connectivity index (χ0n) is 8.60. The topological polar surface area (TPSA) is 17.1 Å². The van der Waals surface area contributed by atoms with Crippen molar-refractivity contribution in [2.45, 2.75) is 46.0 Å². The van der Waals surface area contributed by atoms with Gasteiger partial charge < -0.3 is 0 Å². The van der Waals surface area contributed by atoms with E-state index in [2.05, 4.69) is 6.08 Å². The number of hydrogen-bond acceptors (Lipinski definition) is 1. The van der Waals surface area contributed by atoms with Gasteiger partial charge in [-0.25, -0.2) is 0 Å². The Bertz CT molecular complexity index is 246. The van der Waals surface area contributed by atoms with E-state index in [1.54, 1.807) is 0 Å². The Morgan fingerprint density at radius 3 is 2.77 bits per heavy atom. The van der Waals surface area contributed by atoms with Crippen LogP contribution < -0.4 is 0 Å². The molecule has 0 saturated heterocycles. The Kier molecular flexibility index (Phi) is 3.94. The molecule has 13 heavy (non-hydrogen) atoms. The highest BCUT2D eigenvalue weighted by atomic mass is 16.1.